The summed E-state index contributed by atoms with van der Waals surface area (Å²) in [4.78, 5) is 7.88. The van der Waals surface area contributed by atoms with Crippen molar-refractivity contribution in [3.8, 4) is 11.3 Å². The van der Waals surface area contributed by atoms with E-state index in [-0.39, 0.29) is 0 Å². The number of aromatic nitrogens is 2. The monoisotopic (exact) mass is 257 g/mol. The zero-order valence-electron chi connectivity index (χ0n) is 12.0. The van der Waals surface area contributed by atoms with Crippen molar-refractivity contribution in [3.05, 3.63) is 41.3 Å². The largest absolute Gasteiger partial charge is 0.346 e. The maximum atomic E-state index is 5.65. The average molecular weight is 257 g/mol. The lowest BCUT2D eigenvalue weighted by atomic mass is 10.0. The van der Waals surface area contributed by atoms with Gasteiger partial charge >= 0.3 is 0 Å². The number of benzene rings is 1. The van der Waals surface area contributed by atoms with Crippen molar-refractivity contribution in [3.63, 3.8) is 0 Å². The predicted molar refractivity (Wildman–Crippen MR) is 80.1 cm³/mol. The van der Waals surface area contributed by atoms with E-state index < -0.39 is 0 Å². The first-order valence-electron chi connectivity index (χ1n) is 6.95. The van der Waals surface area contributed by atoms with E-state index in [9.17, 15) is 0 Å². The van der Waals surface area contributed by atoms with Crippen molar-refractivity contribution in [2.45, 2.75) is 33.6 Å². The second-order valence-electron chi connectivity index (χ2n) is 5.48. The number of imidazole rings is 1. The molecular weight excluding hydrogens is 234 g/mol. The third-order valence-corrected chi connectivity index (χ3v) is 3.16. The van der Waals surface area contributed by atoms with Gasteiger partial charge in [-0.15, -0.1) is 0 Å². The number of aryl methyl sites for hydroxylation is 1. The number of rotatable bonds is 5. The van der Waals surface area contributed by atoms with Gasteiger partial charge in [0.25, 0.3) is 0 Å². The fourth-order valence-electron chi connectivity index (χ4n) is 2.37. The van der Waals surface area contributed by atoms with E-state index in [0.29, 0.717) is 12.5 Å². The molecule has 0 atom stereocenters. The number of H-pyrrole nitrogens is 1. The van der Waals surface area contributed by atoms with Gasteiger partial charge in [0, 0.05) is 17.7 Å². The normalized spacial score (nSPS) is 11.2. The Labute approximate surface area is 115 Å². The minimum atomic E-state index is 0.639. The van der Waals surface area contributed by atoms with Gasteiger partial charge in [0.05, 0.1) is 5.69 Å². The first kappa shape index (κ1) is 13.8. The van der Waals surface area contributed by atoms with Gasteiger partial charge in [-0.05, 0) is 31.4 Å². The molecule has 2 aromatic rings. The van der Waals surface area contributed by atoms with Crippen molar-refractivity contribution >= 4 is 0 Å². The van der Waals surface area contributed by atoms with Crippen LogP contribution in [0.4, 0.5) is 0 Å². The third-order valence-electron chi connectivity index (χ3n) is 3.16. The lowest BCUT2D eigenvalue weighted by Crippen LogP contribution is -2.04. The summed E-state index contributed by atoms with van der Waals surface area (Å²) in [5, 5.41) is 0. The minimum absolute atomic E-state index is 0.639. The molecule has 3 N–H and O–H groups in total. The van der Waals surface area contributed by atoms with E-state index in [1.807, 2.05) is 6.92 Å². The highest BCUT2D eigenvalue weighted by Gasteiger charge is 2.10. The van der Waals surface area contributed by atoms with Crippen LogP contribution in [-0.4, -0.2) is 16.5 Å². The zero-order valence-corrected chi connectivity index (χ0v) is 12.0. The van der Waals surface area contributed by atoms with Crippen molar-refractivity contribution in [1.29, 1.82) is 0 Å². The van der Waals surface area contributed by atoms with Crippen LogP contribution >= 0.6 is 0 Å². The van der Waals surface area contributed by atoms with Crippen molar-refractivity contribution in [2.24, 2.45) is 11.7 Å². The average Bonchev–Trinajstić information content (AvgIpc) is 2.71. The molecule has 1 heterocycles. The van der Waals surface area contributed by atoms with Gasteiger partial charge in [-0.3, -0.25) is 0 Å². The molecule has 0 bridgehead atoms. The van der Waals surface area contributed by atoms with Crippen LogP contribution in [-0.2, 0) is 12.8 Å². The Kier molecular flexibility index (Phi) is 4.38. The predicted octanol–water partition coefficient (Wildman–Crippen LogP) is 3.08. The van der Waals surface area contributed by atoms with E-state index in [1.165, 1.54) is 11.1 Å². The second kappa shape index (κ2) is 6.02. The summed E-state index contributed by atoms with van der Waals surface area (Å²) in [5.41, 5.74) is 10.4. The van der Waals surface area contributed by atoms with E-state index in [1.54, 1.807) is 0 Å². The molecule has 3 nitrogen and oxygen atoms in total. The molecule has 0 aliphatic heterocycles. The molecule has 102 valence electrons. The molecule has 3 heteroatoms. The first-order chi connectivity index (χ1) is 9.10. The molecule has 0 amide bonds. The Balaban J connectivity index is 2.26. The standard InChI is InChI=1S/C16H23N3/c1-11(2)10-13-4-6-14(7-5-13)16-15(8-9-17)18-12(3)19-16/h4-7,11H,8-10,17H2,1-3H3,(H,18,19). The van der Waals surface area contributed by atoms with Gasteiger partial charge in [-0.25, -0.2) is 4.98 Å². The van der Waals surface area contributed by atoms with Gasteiger partial charge < -0.3 is 10.7 Å². The lowest BCUT2D eigenvalue weighted by Gasteiger charge is -2.06. The summed E-state index contributed by atoms with van der Waals surface area (Å²) in [5.74, 6) is 1.64. The Bertz CT molecular complexity index is 523. The summed E-state index contributed by atoms with van der Waals surface area (Å²) in [6.45, 7) is 7.10. The van der Waals surface area contributed by atoms with E-state index in [2.05, 4.69) is 48.1 Å². The molecule has 0 aliphatic carbocycles. The fraction of sp³-hybridized carbons (Fsp3) is 0.438. The van der Waals surface area contributed by atoms with Gasteiger partial charge in [0.1, 0.15) is 5.82 Å². The van der Waals surface area contributed by atoms with Crippen LogP contribution in [0.25, 0.3) is 11.3 Å². The van der Waals surface area contributed by atoms with Crippen LogP contribution in [0.3, 0.4) is 0 Å². The molecule has 0 radical (unpaired) electrons. The molecular formula is C16H23N3. The van der Waals surface area contributed by atoms with E-state index in [4.69, 9.17) is 5.73 Å². The summed E-state index contributed by atoms with van der Waals surface area (Å²) >= 11 is 0. The van der Waals surface area contributed by atoms with Gasteiger partial charge in [0.15, 0.2) is 0 Å². The molecule has 1 aromatic carbocycles. The van der Waals surface area contributed by atoms with Crippen molar-refractivity contribution < 1.29 is 0 Å². The fourth-order valence-corrected chi connectivity index (χ4v) is 2.37. The molecule has 0 spiro atoms. The van der Waals surface area contributed by atoms with Crippen LogP contribution in [0.5, 0.6) is 0 Å². The number of nitrogens with one attached hydrogen (secondary N) is 1. The summed E-state index contributed by atoms with van der Waals surface area (Å²) < 4.78 is 0. The Morgan fingerprint density at radius 1 is 1.21 bits per heavy atom. The topological polar surface area (TPSA) is 54.7 Å². The Morgan fingerprint density at radius 2 is 1.89 bits per heavy atom. The number of nitrogens with zero attached hydrogens (tertiary/aromatic N) is 1. The number of aromatic amines is 1. The third kappa shape index (κ3) is 3.44. The smallest absolute Gasteiger partial charge is 0.103 e. The quantitative estimate of drug-likeness (QED) is 0.865. The number of hydrogen-bond donors (Lipinski definition) is 2. The van der Waals surface area contributed by atoms with Crippen molar-refractivity contribution in [2.75, 3.05) is 6.54 Å². The maximum Gasteiger partial charge on any atom is 0.103 e. The van der Waals surface area contributed by atoms with Crippen LogP contribution in [0, 0.1) is 12.8 Å². The number of nitrogens with two attached hydrogens (primary N) is 1. The molecule has 19 heavy (non-hydrogen) atoms. The van der Waals surface area contributed by atoms with Gasteiger partial charge in [0.2, 0.25) is 0 Å². The molecule has 0 fully saturated rings. The Hall–Kier alpha value is -1.61. The molecule has 0 aliphatic rings. The lowest BCUT2D eigenvalue weighted by molar-refractivity contribution is 0.647. The SMILES string of the molecule is Cc1nc(-c2ccc(CC(C)C)cc2)c(CCN)[nH]1. The first-order valence-corrected chi connectivity index (χ1v) is 6.95. The van der Waals surface area contributed by atoms with Crippen LogP contribution < -0.4 is 5.73 Å². The highest BCUT2D eigenvalue weighted by Crippen LogP contribution is 2.23. The zero-order chi connectivity index (χ0) is 13.8. The van der Waals surface area contributed by atoms with Crippen LogP contribution in [0.15, 0.2) is 24.3 Å². The van der Waals surface area contributed by atoms with Crippen LogP contribution in [0.1, 0.15) is 30.9 Å². The summed E-state index contributed by atoms with van der Waals surface area (Å²) in [6, 6.07) is 8.72. The maximum absolute atomic E-state index is 5.65. The van der Waals surface area contributed by atoms with Gasteiger partial charge in [-0.1, -0.05) is 38.1 Å². The van der Waals surface area contributed by atoms with Gasteiger partial charge in [-0.2, -0.15) is 0 Å². The molecule has 0 saturated heterocycles. The molecule has 1 aromatic heterocycles. The second-order valence-corrected chi connectivity index (χ2v) is 5.48. The number of hydrogen-bond acceptors (Lipinski definition) is 2. The summed E-state index contributed by atoms with van der Waals surface area (Å²) in [6.07, 6.45) is 1.96. The van der Waals surface area contributed by atoms with Crippen molar-refractivity contribution in [1.82, 2.24) is 9.97 Å². The van der Waals surface area contributed by atoms with E-state index >= 15 is 0 Å². The molecule has 2 rings (SSSR count). The molecule has 0 saturated carbocycles. The highest BCUT2D eigenvalue weighted by molar-refractivity contribution is 5.62. The Morgan fingerprint density at radius 3 is 2.47 bits per heavy atom. The van der Waals surface area contributed by atoms with E-state index in [0.717, 1.165) is 30.1 Å². The minimum Gasteiger partial charge on any atom is -0.346 e. The molecule has 0 unspecified atom stereocenters. The van der Waals surface area contributed by atoms with Crippen LogP contribution in [0.2, 0.25) is 0 Å². The summed E-state index contributed by atoms with van der Waals surface area (Å²) in [7, 11) is 0. The highest BCUT2D eigenvalue weighted by atomic mass is 14.9.